The van der Waals surface area contributed by atoms with Crippen LogP contribution in [0.4, 0.5) is 9.59 Å². The number of nitrogens with two attached hydrogens (primary N) is 5. The number of halogens is 1. The van der Waals surface area contributed by atoms with Gasteiger partial charge in [-0.05, 0) is 114 Å². The molecule has 0 saturated carbocycles. The van der Waals surface area contributed by atoms with Crippen LogP contribution in [-0.2, 0) is 76.8 Å². The van der Waals surface area contributed by atoms with Crippen LogP contribution in [0.3, 0.4) is 0 Å². The number of guanidine groups is 1. The number of nitrogens with one attached hydrogen (secondary N) is 15. The lowest BCUT2D eigenvalue weighted by atomic mass is 9.96. The van der Waals surface area contributed by atoms with Crippen molar-refractivity contribution in [1.29, 1.82) is 5.41 Å². The van der Waals surface area contributed by atoms with Crippen molar-refractivity contribution in [3.8, 4) is 0 Å². The van der Waals surface area contributed by atoms with Crippen LogP contribution < -0.4 is 92.5 Å². The molecule has 2 aromatic heterocycles. The Morgan fingerprint density at radius 2 is 1.10 bits per heavy atom. The van der Waals surface area contributed by atoms with Gasteiger partial charge in [0.2, 0.25) is 59.1 Å². The number of amides is 15. The van der Waals surface area contributed by atoms with Gasteiger partial charge in [0, 0.05) is 71.1 Å². The number of benzene rings is 4. The first-order valence-corrected chi connectivity index (χ1v) is 38.0. The van der Waals surface area contributed by atoms with Gasteiger partial charge in [-0.3, -0.25) is 73.1 Å². The Hall–Kier alpha value is -11.4. The lowest BCUT2D eigenvalue weighted by Crippen LogP contribution is -2.60. The summed E-state index contributed by atoms with van der Waals surface area (Å²) in [5, 5.41) is 48.7. The molecule has 35 nitrogen and oxygen atoms in total. The van der Waals surface area contributed by atoms with Crippen molar-refractivity contribution in [2.75, 3.05) is 26.2 Å². The molecule has 0 aliphatic heterocycles. The SMILES string of the molecule is CCC[C@H](NC(=O)[C@H](Cc1ccc2ccccc2c1)NC(=O)S[C@H](NC(=O)[C@@H](NC(=O)[C@H](Cc1c[nH]c2ccccc12)NC(=O)[C@H](CCCCN)CNC(=O)[C@H](NC(=O)[C@@H](C)Cc1c[nH]c2cc(Cl)ccc12)C(C)C)C(C)C)C(N)=O)C(=O)N[C@@H](CO)C(=O)NC(=O)N[C@@H](CCCNC(=N)N)C(=O)N[C@@H](CC(N)=O)C(N)=O. The van der Waals surface area contributed by atoms with E-state index in [2.05, 4.69) is 68.5 Å². The first-order valence-electron chi connectivity index (χ1n) is 36.7. The Morgan fingerprint density at radius 3 is 1.74 bits per heavy atom. The van der Waals surface area contributed by atoms with Crippen molar-refractivity contribution in [3.63, 3.8) is 0 Å². The average molecular weight is 1590 g/mol. The molecule has 15 amide bonds. The minimum atomic E-state index is -1.88. The molecule has 2 heterocycles. The molecule has 6 aromatic rings. The molecule has 4 aromatic carbocycles. The first-order chi connectivity index (χ1) is 53.2. The monoisotopic (exact) mass is 1590 g/mol. The van der Waals surface area contributed by atoms with Gasteiger partial charge < -0.3 is 102 Å². The van der Waals surface area contributed by atoms with E-state index in [1.165, 1.54) is 0 Å². The van der Waals surface area contributed by atoms with Gasteiger partial charge in [0.05, 0.1) is 18.9 Å². The second-order valence-electron chi connectivity index (χ2n) is 27.9. The topological polar surface area (TPSA) is 589 Å². The minimum absolute atomic E-state index is 0.0261. The Morgan fingerprint density at radius 1 is 0.518 bits per heavy atom. The molecule has 0 aliphatic carbocycles. The van der Waals surface area contributed by atoms with Crippen LogP contribution in [0.1, 0.15) is 110 Å². The molecule has 6 rings (SSSR count). The molecule has 112 heavy (non-hydrogen) atoms. The summed E-state index contributed by atoms with van der Waals surface area (Å²) in [6.45, 7) is 9.13. The number of H-pyrrole nitrogens is 2. The van der Waals surface area contributed by atoms with Crippen molar-refractivity contribution in [2.45, 2.75) is 166 Å². The molecular formula is C75H103ClN20O15S. The molecular weight excluding hydrogens is 1490 g/mol. The second kappa shape index (κ2) is 43.9. The lowest BCUT2D eigenvalue weighted by molar-refractivity contribution is -0.134. The van der Waals surface area contributed by atoms with Gasteiger partial charge in [-0.15, -0.1) is 0 Å². The Bertz CT molecular complexity index is 4360. The molecule has 11 atom stereocenters. The Labute approximate surface area is 655 Å². The number of primary amides is 3. The highest BCUT2D eigenvalue weighted by molar-refractivity contribution is 8.14. The van der Waals surface area contributed by atoms with Crippen LogP contribution in [0.15, 0.2) is 97.3 Å². The smallest absolute Gasteiger partial charge is 0.322 e. The van der Waals surface area contributed by atoms with Gasteiger partial charge in [-0.1, -0.05) is 133 Å². The molecule has 37 heteroatoms. The van der Waals surface area contributed by atoms with E-state index in [9.17, 15) is 72.2 Å². The molecule has 0 fully saturated rings. The summed E-state index contributed by atoms with van der Waals surface area (Å²) >= 11 is 6.37. The number of aromatic amines is 2. The number of thioether (sulfide) groups is 1. The highest BCUT2D eigenvalue weighted by Crippen LogP contribution is 2.26. The summed E-state index contributed by atoms with van der Waals surface area (Å²) in [4.78, 5) is 199. The number of hydrogen-bond acceptors (Lipinski definition) is 18. The maximum Gasteiger partial charge on any atom is 0.322 e. The van der Waals surface area contributed by atoms with Crippen molar-refractivity contribution in [2.24, 2.45) is 52.3 Å². The van der Waals surface area contributed by atoms with Gasteiger partial charge in [0.1, 0.15) is 48.3 Å². The number of aromatic nitrogens is 2. The number of aliphatic hydroxyl groups is 1. The molecule has 0 radical (unpaired) electrons. The van der Waals surface area contributed by atoms with Gasteiger partial charge in [0.15, 0.2) is 11.3 Å². The quantitative estimate of drug-likeness (QED) is 0.0107. The van der Waals surface area contributed by atoms with Crippen LogP contribution in [0.2, 0.25) is 5.02 Å². The van der Waals surface area contributed by atoms with Crippen LogP contribution in [0.25, 0.3) is 32.6 Å². The van der Waals surface area contributed by atoms with E-state index in [1.54, 1.807) is 90.2 Å². The third kappa shape index (κ3) is 27.6. The number of fused-ring (bicyclic) bond motifs is 3. The van der Waals surface area contributed by atoms with E-state index in [0.717, 1.165) is 38.1 Å². The lowest BCUT2D eigenvalue weighted by Gasteiger charge is -2.28. The van der Waals surface area contributed by atoms with Crippen LogP contribution >= 0.6 is 23.4 Å². The summed E-state index contributed by atoms with van der Waals surface area (Å²) in [6.07, 6.45) is 3.93. The number of rotatable bonds is 44. The predicted octanol–water partition coefficient (Wildman–Crippen LogP) is 0.552. The Balaban J connectivity index is 1.17. The summed E-state index contributed by atoms with van der Waals surface area (Å²) in [5.41, 5.74) is 31.1. The maximum atomic E-state index is 14.9. The summed E-state index contributed by atoms with van der Waals surface area (Å²) in [5.74, 6) is -14.2. The zero-order valence-corrected chi connectivity index (χ0v) is 64.8. The van der Waals surface area contributed by atoms with Crippen molar-refractivity contribution in [1.82, 2.24) is 73.8 Å². The largest absolute Gasteiger partial charge is 0.394 e. The van der Waals surface area contributed by atoms with E-state index < -0.39 is 167 Å². The molecule has 26 N–H and O–H groups in total. The van der Waals surface area contributed by atoms with Crippen molar-refractivity contribution < 1.29 is 72.2 Å². The molecule has 0 unspecified atom stereocenters. The van der Waals surface area contributed by atoms with Crippen molar-refractivity contribution in [3.05, 3.63) is 119 Å². The number of unbranched alkanes of at least 4 members (excludes halogenated alkanes) is 1. The number of carbonyl (C=O) groups is 14. The molecule has 606 valence electrons. The van der Waals surface area contributed by atoms with Crippen LogP contribution in [-0.4, -0.2) is 183 Å². The number of carbonyl (C=O) groups excluding carboxylic acids is 14. The van der Waals surface area contributed by atoms with Crippen LogP contribution in [0.5, 0.6) is 0 Å². The predicted molar refractivity (Wildman–Crippen MR) is 422 cm³/mol. The van der Waals surface area contributed by atoms with E-state index in [0.29, 0.717) is 42.0 Å². The summed E-state index contributed by atoms with van der Waals surface area (Å²) in [7, 11) is 0. The van der Waals surface area contributed by atoms with Gasteiger partial charge >= 0.3 is 6.03 Å². The zero-order chi connectivity index (χ0) is 82.5. The number of hydrogen-bond donors (Lipinski definition) is 21. The fourth-order valence-electron chi connectivity index (χ4n) is 12.2. The standard InChI is InChI=1S/C75H103ClN20O15S/c1-7-15-51(65(103)90-57(37-97)69(107)96-74(110)91-52(21-14-27-83-73(81)82)66(104)88-54(61(79)99)33-58(78)98)87-67(105)55(30-41-22-23-42-16-8-9-17-43(42)29-41)92-75(111)112-72(62(80)100)95-71(109)60(39(4)5)94-68(106)56(31-46-36-84-50-20-11-10-19-48(46)50)89-64(102)44(18-12-13-26-77)34-86-70(108)59(38(2)3)93-63(101)40(6)28-45-35-85-53-32-47(76)24-25-49(45)53/h8-11,16-17,19-20,22-25,29,32,35-36,38-40,44,51-52,54-57,59-60,72,84-85,97H,7,12-15,18,21,26-28,30-31,33-34,37,77H2,1-6H3,(H2,78,98)(H2,79,99)(H2,80,100)(H,86,108)(H,87,105)(H,88,104)(H,89,102)(H,90,103)(H,92,111)(H,93,101)(H,94,106)(H,95,109)(H4,81,82,83)(H2,91,96,107,110)/t40-,44+,51-,52-,54-,55-,56-,57-,59+,60-,72-/m0/s1. The second-order valence-corrected chi connectivity index (χ2v) is 29.4. The van der Waals surface area contributed by atoms with E-state index in [1.807, 2.05) is 54.0 Å². The fraction of sp³-hybridized carbons (Fsp3) is 0.453. The zero-order valence-electron chi connectivity index (χ0n) is 63.2. The summed E-state index contributed by atoms with van der Waals surface area (Å²) in [6, 6.07) is 11.8. The number of para-hydroxylation sites is 1. The molecule has 0 spiro atoms. The third-order valence-corrected chi connectivity index (χ3v) is 19.5. The summed E-state index contributed by atoms with van der Waals surface area (Å²) < 4.78 is 0. The number of urea groups is 1. The van der Waals surface area contributed by atoms with Crippen molar-refractivity contribution >= 4 is 144 Å². The Kier molecular flexibility index (Phi) is 35.1. The first kappa shape index (κ1) is 89.5. The molecule has 0 bridgehead atoms. The fourth-order valence-corrected chi connectivity index (χ4v) is 13.1. The van der Waals surface area contributed by atoms with E-state index in [4.69, 9.17) is 45.7 Å². The molecule has 0 saturated heterocycles. The van der Waals surface area contributed by atoms with Gasteiger partial charge in [-0.2, -0.15) is 0 Å². The average Bonchev–Trinajstić information content (AvgIpc) is 1.51. The number of aliphatic hydroxyl groups excluding tert-OH is 1. The van der Waals surface area contributed by atoms with Crippen LogP contribution in [0, 0.1) is 29.1 Å². The normalized spacial score (nSPS) is 14.2. The minimum Gasteiger partial charge on any atom is -0.394 e. The van der Waals surface area contributed by atoms with E-state index in [-0.39, 0.29) is 81.6 Å². The van der Waals surface area contributed by atoms with Gasteiger partial charge in [-0.25, -0.2) is 4.79 Å². The highest BCUT2D eigenvalue weighted by atomic mass is 35.5. The maximum absolute atomic E-state index is 14.9. The third-order valence-electron chi connectivity index (χ3n) is 18.4. The highest BCUT2D eigenvalue weighted by Gasteiger charge is 2.37. The molecule has 0 aliphatic rings. The van der Waals surface area contributed by atoms with E-state index >= 15 is 0 Å². The van der Waals surface area contributed by atoms with Gasteiger partial charge in [0.25, 0.3) is 17.1 Å². The number of imide groups is 1.